The summed E-state index contributed by atoms with van der Waals surface area (Å²) in [6.07, 6.45) is 1.32. The molecule has 0 aromatic heterocycles. The smallest absolute Gasteiger partial charge is 0.228 e. The Morgan fingerprint density at radius 3 is 2.82 bits per heavy atom. The summed E-state index contributed by atoms with van der Waals surface area (Å²) in [6, 6.07) is 0. The number of nitrogens with zero attached hydrogens (tertiary/aromatic N) is 2. The zero-order chi connectivity index (χ0) is 12.8. The molecule has 2 atom stereocenters. The molecule has 2 unspecified atom stereocenters. The first kappa shape index (κ1) is 13.8. The number of ether oxygens (including phenoxy) is 1. The predicted molar refractivity (Wildman–Crippen MR) is 63.8 cm³/mol. The second-order valence-corrected chi connectivity index (χ2v) is 4.34. The van der Waals surface area contributed by atoms with Crippen molar-refractivity contribution in [1.29, 1.82) is 0 Å². The Labute approximate surface area is 101 Å². The summed E-state index contributed by atoms with van der Waals surface area (Å²) in [5.74, 6) is 0.201. The summed E-state index contributed by atoms with van der Waals surface area (Å²) in [5.41, 5.74) is 5.39. The van der Waals surface area contributed by atoms with Gasteiger partial charge in [-0.3, -0.25) is 4.79 Å². The molecule has 6 heteroatoms. The standard InChI is InChI=1S/C11H21N3O3/c1-3-14(5-4-10(12)13-16)11(15)9-6-8(2)17-7-9/h8-9,16H,3-7H2,1-2H3,(H2,12,13). The summed E-state index contributed by atoms with van der Waals surface area (Å²) in [7, 11) is 0. The Bertz CT molecular complexity index is 294. The molecule has 17 heavy (non-hydrogen) atoms. The zero-order valence-corrected chi connectivity index (χ0v) is 10.4. The molecule has 98 valence electrons. The van der Waals surface area contributed by atoms with Gasteiger partial charge in [-0.2, -0.15) is 0 Å². The van der Waals surface area contributed by atoms with Crippen molar-refractivity contribution in [2.24, 2.45) is 16.8 Å². The number of nitrogens with two attached hydrogens (primary N) is 1. The second-order valence-electron chi connectivity index (χ2n) is 4.34. The van der Waals surface area contributed by atoms with Crippen LogP contribution in [0.4, 0.5) is 0 Å². The fraction of sp³-hybridized carbons (Fsp3) is 0.818. The van der Waals surface area contributed by atoms with Gasteiger partial charge in [-0.15, -0.1) is 0 Å². The van der Waals surface area contributed by atoms with Crippen LogP contribution in [0, 0.1) is 5.92 Å². The highest BCUT2D eigenvalue weighted by atomic mass is 16.5. The van der Waals surface area contributed by atoms with E-state index in [2.05, 4.69) is 5.16 Å². The number of amides is 1. The number of oxime groups is 1. The molecule has 6 nitrogen and oxygen atoms in total. The van der Waals surface area contributed by atoms with Gasteiger partial charge in [0.05, 0.1) is 18.6 Å². The van der Waals surface area contributed by atoms with E-state index in [1.807, 2.05) is 13.8 Å². The molecule has 1 heterocycles. The van der Waals surface area contributed by atoms with Gasteiger partial charge in [0.25, 0.3) is 0 Å². The molecule has 0 aromatic rings. The topological polar surface area (TPSA) is 88.1 Å². The van der Waals surface area contributed by atoms with E-state index in [9.17, 15) is 4.79 Å². The average Bonchev–Trinajstić information content (AvgIpc) is 2.76. The van der Waals surface area contributed by atoms with Crippen LogP contribution >= 0.6 is 0 Å². The zero-order valence-electron chi connectivity index (χ0n) is 10.4. The van der Waals surface area contributed by atoms with Crippen LogP contribution in [0.15, 0.2) is 5.16 Å². The van der Waals surface area contributed by atoms with E-state index in [0.717, 1.165) is 6.42 Å². The van der Waals surface area contributed by atoms with Crippen LogP contribution in [0.2, 0.25) is 0 Å². The quantitative estimate of drug-likeness (QED) is 0.316. The summed E-state index contributed by atoms with van der Waals surface area (Å²) in [5, 5.41) is 11.3. The molecule has 0 bridgehead atoms. The molecule has 1 rings (SSSR count). The Hall–Kier alpha value is -1.30. The van der Waals surface area contributed by atoms with Crippen LogP contribution in [0.1, 0.15) is 26.7 Å². The van der Waals surface area contributed by atoms with Crippen LogP contribution < -0.4 is 5.73 Å². The van der Waals surface area contributed by atoms with Crippen molar-refractivity contribution in [2.75, 3.05) is 19.7 Å². The van der Waals surface area contributed by atoms with Crippen LogP contribution in [0.25, 0.3) is 0 Å². The van der Waals surface area contributed by atoms with E-state index in [1.54, 1.807) is 4.90 Å². The minimum Gasteiger partial charge on any atom is -0.409 e. The lowest BCUT2D eigenvalue weighted by Gasteiger charge is -2.23. The molecule has 0 spiro atoms. The van der Waals surface area contributed by atoms with Crippen molar-refractivity contribution in [1.82, 2.24) is 4.90 Å². The Balaban J connectivity index is 2.46. The fourth-order valence-electron chi connectivity index (χ4n) is 1.97. The lowest BCUT2D eigenvalue weighted by molar-refractivity contribution is -0.135. The molecule has 1 aliphatic rings. The first-order chi connectivity index (χ1) is 8.08. The lowest BCUT2D eigenvalue weighted by atomic mass is 10.0. The maximum Gasteiger partial charge on any atom is 0.228 e. The van der Waals surface area contributed by atoms with Crippen molar-refractivity contribution < 1.29 is 14.7 Å². The third kappa shape index (κ3) is 3.89. The first-order valence-corrected chi connectivity index (χ1v) is 5.95. The highest BCUT2D eigenvalue weighted by molar-refractivity contribution is 5.82. The Kier molecular flexibility index (Phi) is 5.21. The van der Waals surface area contributed by atoms with Crippen molar-refractivity contribution >= 4 is 11.7 Å². The lowest BCUT2D eigenvalue weighted by Crippen LogP contribution is -2.38. The Morgan fingerprint density at radius 2 is 2.35 bits per heavy atom. The molecule has 0 aromatic carbocycles. The van der Waals surface area contributed by atoms with Gasteiger partial charge in [0, 0.05) is 19.5 Å². The van der Waals surface area contributed by atoms with E-state index in [0.29, 0.717) is 26.1 Å². The highest BCUT2D eigenvalue weighted by Crippen LogP contribution is 2.21. The minimum absolute atomic E-state index is 0.0442. The molecule has 1 amide bonds. The molecule has 3 N–H and O–H groups in total. The largest absolute Gasteiger partial charge is 0.409 e. The van der Waals surface area contributed by atoms with Crippen molar-refractivity contribution in [3.8, 4) is 0 Å². The van der Waals surface area contributed by atoms with E-state index in [-0.39, 0.29) is 23.8 Å². The Morgan fingerprint density at radius 1 is 1.65 bits per heavy atom. The monoisotopic (exact) mass is 243 g/mol. The van der Waals surface area contributed by atoms with Crippen LogP contribution in [-0.4, -0.2) is 47.7 Å². The van der Waals surface area contributed by atoms with Gasteiger partial charge >= 0.3 is 0 Å². The number of hydrogen-bond acceptors (Lipinski definition) is 4. The van der Waals surface area contributed by atoms with E-state index in [1.165, 1.54) is 0 Å². The van der Waals surface area contributed by atoms with Crippen LogP contribution in [-0.2, 0) is 9.53 Å². The molecule has 1 aliphatic heterocycles. The SMILES string of the molecule is CCN(CCC(N)=NO)C(=O)C1COC(C)C1. The van der Waals surface area contributed by atoms with E-state index < -0.39 is 0 Å². The average molecular weight is 243 g/mol. The normalized spacial score (nSPS) is 24.9. The first-order valence-electron chi connectivity index (χ1n) is 5.95. The van der Waals surface area contributed by atoms with Crippen molar-refractivity contribution in [3.05, 3.63) is 0 Å². The molecule has 1 saturated heterocycles. The number of hydrogen-bond donors (Lipinski definition) is 2. The third-order valence-corrected chi connectivity index (χ3v) is 3.01. The summed E-state index contributed by atoms with van der Waals surface area (Å²) >= 11 is 0. The summed E-state index contributed by atoms with van der Waals surface area (Å²) < 4.78 is 5.39. The summed E-state index contributed by atoms with van der Waals surface area (Å²) in [4.78, 5) is 13.9. The summed E-state index contributed by atoms with van der Waals surface area (Å²) in [6.45, 7) is 5.50. The maximum absolute atomic E-state index is 12.1. The molecular formula is C11H21N3O3. The number of amidine groups is 1. The predicted octanol–water partition coefficient (Wildman–Crippen LogP) is 0.396. The van der Waals surface area contributed by atoms with Gasteiger partial charge in [0.15, 0.2) is 0 Å². The van der Waals surface area contributed by atoms with Crippen LogP contribution in [0.3, 0.4) is 0 Å². The van der Waals surface area contributed by atoms with E-state index >= 15 is 0 Å². The number of carbonyl (C=O) groups excluding carboxylic acids is 1. The third-order valence-electron chi connectivity index (χ3n) is 3.01. The second kappa shape index (κ2) is 6.44. The molecule has 0 saturated carbocycles. The van der Waals surface area contributed by atoms with Crippen LogP contribution in [0.5, 0.6) is 0 Å². The van der Waals surface area contributed by atoms with Gasteiger partial charge in [-0.1, -0.05) is 5.16 Å². The molecular weight excluding hydrogens is 222 g/mol. The van der Waals surface area contributed by atoms with Crippen molar-refractivity contribution in [2.45, 2.75) is 32.8 Å². The molecule has 1 fully saturated rings. The number of carbonyl (C=O) groups is 1. The van der Waals surface area contributed by atoms with Gasteiger partial charge in [0.1, 0.15) is 5.84 Å². The van der Waals surface area contributed by atoms with Gasteiger partial charge in [-0.05, 0) is 20.3 Å². The van der Waals surface area contributed by atoms with E-state index in [4.69, 9.17) is 15.7 Å². The molecule has 0 radical (unpaired) electrons. The maximum atomic E-state index is 12.1. The molecule has 0 aliphatic carbocycles. The minimum atomic E-state index is -0.0442. The van der Waals surface area contributed by atoms with Gasteiger partial charge in [0.2, 0.25) is 5.91 Å². The van der Waals surface area contributed by atoms with Gasteiger partial charge in [-0.25, -0.2) is 0 Å². The number of rotatable bonds is 5. The fourth-order valence-corrected chi connectivity index (χ4v) is 1.97. The highest BCUT2D eigenvalue weighted by Gasteiger charge is 2.30. The van der Waals surface area contributed by atoms with Crippen molar-refractivity contribution in [3.63, 3.8) is 0 Å². The van der Waals surface area contributed by atoms with Gasteiger partial charge < -0.3 is 20.6 Å².